The molecular formula is C22H21F2N3O3S. The zero-order chi connectivity index (χ0) is 21.8. The van der Waals surface area contributed by atoms with Crippen LogP contribution in [0.1, 0.15) is 18.4 Å². The minimum atomic E-state index is -1.03. The maximum absolute atomic E-state index is 14.6. The number of rotatable bonds is 2. The number of aromatic nitrogens is 2. The largest absolute Gasteiger partial charge is 0.616 e. The Balaban J connectivity index is 1.77. The Hall–Kier alpha value is -2.91. The zero-order valence-corrected chi connectivity index (χ0v) is 17.7. The lowest BCUT2D eigenvalue weighted by molar-refractivity contribution is 0.266. The summed E-state index contributed by atoms with van der Waals surface area (Å²) in [5.41, 5.74) is 1.80. The smallest absolute Gasteiger partial charge is 0.227 e. The van der Waals surface area contributed by atoms with E-state index < -0.39 is 22.8 Å². The predicted molar refractivity (Wildman–Crippen MR) is 115 cm³/mol. The lowest BCUT2D eigenvalue weighted by Crippen LogP contribution is -2.05. The van der Waals surface area contributed by atoms with Crippen LogP contribution in [-0.2, 0) is 16.9 Å². The second kappa shape index (κ2) is 9.49. The van der Waals surface area contributed by atoms with E-state index in [1.54, 1.807) is 12.3 Å². The van der Waals surface area contributed by atoms with Gasteiger partial charge in [0.1, 0.15) is 28.8 Å². The van der Waals surface area contributed by atoms with Crippen LogP contribution in [0.4, 0.5) is 20.4 Å². The molecule has 6 nitrogen and oxygen atoms in total. The Morgan fingerprint density at radius 3 is 2.71 bits per heavy atom. The van der Waals surface area contributed by atoms with Crippen molar-refractivity contribution in [2.45, 2.75) is 18.6 Å². The molecule has 0 amide bonds. The summed E-state index contributed by atoms with van der Waals surface area (Å²) in [6, 6.07) is 9.35. The van der Waals surface area contributed by atoms with Gasteiger partial charge in [-0.15, -0.1) is 0 Å². The number of hydrogen-bond acceptors (Lipinski definition) is 6. The van der Waals surface area contributed by atoms with Crippen molar-refractivity contribution < 1.29 is 22.8 Å². The van der Waals surface area contributed by atoms with Gasteiger partial charge in [0, 0.05) is 28.9 Å². The van der Waals surface area contributed by atoms with Gasteiger partial charge >= 0.3 is 0 Å². The Morgan fingerprint density at radius 2 is 1.90 bits per heavy atom. The molecule has 2 aromatic carbocycles. The normalized spacial score (nSPS) is 14.7. The van der Waals surface area contributed by atoms with Gasteiger partial charge < -0.3 is 19.3 Å². The van der Waals surface area contributed by atoms with Crippen molar-refractivity contribution in [3.8, 4) is 22.8 Å². The summed E-state index contributed by atoms with van der Waals surface area (Å²) in [6.07, 6.45) is 4.06. The molecule has 1 N–H and O–H groups in total. The highest BCUT2D eigenvalue weighted by atomic mass is 32.2. The second-order valence-electron chi connectivity index (χ2n) is 7.14. The Morgan fingerprint density at radius 1 is 1.10 bits per heavy atom. The molecule has 9 heteroatoms. The van der Waals surface area contributed by atoms with Gasteiger partial charge in [-0.25, -0.2) is 18.7 Å². The van der Waals surface area contributed by atoms with Gasteiger partial charge in [-0.05, 0) is 37.1 Å². The van der Waals surface area contributed by atoms with Crippen molar-refractivity contribution in [1.29, 1.82) is 0 Å². The van der Waals surface area contributed by atoms with E-state index >= 15 is 0 Å². The van der Waals surface area contributed by atoms with E-state index in [1.807, 2.05) is 12.1 Å². The maximum Gasteiger partial charge on any atom is 0.227 e. The molecule has 1 atom stereocenters. The van der Waals surface area contributed by atoms with Gasteiger partial charge in [0.15, 0.2) is 5.82 Å². The monoisotopic (exact) mass is 445 g/mol. The topological polar surface area (TPSA) is 79.3 Å². The molecule has 31 heavy (non-hydrogen) atoms. The molecule has 0 radical (unpaired) electrons. The number of nitrogens with one attached hydrogen (secondary N) is 1. The second-order valence-corrected chi connectivity index (χ2v) is 8.58. The molecule has 0 spiro atoms. The fraction of sp³-hybridized carbons (Fsp3) is 0.273. The molecule has 0 aliphatic carbocycles. The van der Waals surface area contributed by atoms with Crippen LogP contribution < -0.4 is 14.8 Å². The Bertz CT molecular complexity index is 1080. The van der Waals surface area contributed by atoms with Gasteiger partial charge in [-0.2, -0.15) is 0 Å². The number of anilines is 2. The lowest BCUT2D eigenvalue weighted by Gasteiger charge is -2.13. The van der Waals surface area contributed by atoms with Gasteiger partial charge in [0.2, 0.25) is 5.95 Å². The summed E-state index contributed by atoms with van der Waals surface area (Å²) in [5, 5.41) is 3.05. The molecule has 1 aliphatic heterocycles. The Kier molecular flexibility index (Phi) is 6.53. The molecule has 2 heterocycles. The first kappa shape index (κ1) is 21.3. The molecule has 0 saturated heterocycles. The summed E-state index contributed by atoms with van der Waals surface area (Å²) < 4.78 is 51.7. The Labute approximate surface area is 181 Å². The van der Waals surface area contributed by atoms with Crippen molar-refractivity contribution in [3.63, 3.8) is 0 Å². The summed E-state index contributed by atoms with van der Waals surface area (Å²) in [7, 11) is 0. The van der Waals surface area contributed by atoms with Gasteiger partial charge in [0.25, 0.3) is 0 Å². The average molecular weight is 445 g/mol. The zero-order valence-electron chi connectivity index (χ0n) is 16.9. The highest BCUT2D eigenvalue weighted by molar-refractivity contribution is 7.89. The summed E-state index contributed by atoms with van der Waals surface area (Å²) in [5.74, 6) is 0.229. The summed E-state index contributed by atoms with van der Waals surface area (Å²) in [6.45, 7) is 0.772. The van der Waals surface area contributed by atoms with E-state index in [9.17, 15) is 13.3 Å². The standard InChI is InChI=1S/C22H21F2N3O3S/c1-31(28)13-14-8-16-11-17(9-14)29-6-2-3-7-30-20-10-15(23)4-5-18(20)21-19(24)12-25-22(26-16)27-21/h4-5,8-12H,2-3,6-7,13H2,1H3,(H,25,26,27)/t31-/m0/s1. The van der Waals surface area contributed by atoms with E-state index in [4.69, 9.17) is 9.47 Å². The number of ether oxygens (including phenoxy) is 2. The molecule has 0 saturated carbocycles. The van der Waals surface area contributed by atoms with Crippen molar-refractivity contribution in [3.05, 3.63) is 59.8 Å². The molecule has 162 valence electrons. The van der Waals surface area contributed by atoms with Gasteiger partial charge in [0.05, 0.1) is 25.7 Å². The molecule has 1 aromatic heterocycles. The highest BCUT2D eigenvalue weighted by Gasteiger charge is 2.17. The molecule has 4 rings (SSSR count). The third-order valence-corrected chi connectivity index (χ3v) is 5.34. The minimum absolute atomic E-state index is 0.00432. The van der Waals surface area contributed by atoms with E-state index in [1.165, 1.54) is 18.2 Å². The molecule has 0 fully saturated rings. The summed E-state index contributed by atoms with van der Waals surface area (Å²) in [4.78, 5) is 8.32. The highest BCUT2D eigenvalue weighted by Crippen LogP contribution is 2.33. The fourth-order valence-electron chi connectivity index (χ4n) is 3.27. The van der Waals surface area contributed by atoms with Crippen LogP contribution in [-0.4, -0.2) is 34.0 Å². The van der Waals surface area contributed by atoms with Crippen molar-refractivity contribution in [1.82, 2.24) is 9.97 Å². The van der Waals surface area contributed by atoms with E-state index in [0.717, 1.165) is 11.8 Å². The third kappa shape index (κ3) is 5.42. The molecular weight excluding hydrogens is 424 g/mol. The minimum Gasteiger partial charge on any atom is -0.616 e. The molecule has 1 aliphatic rings. The number of fused-ring (bicyclic) bond motifs is 6. The van der Waals surface area contributed by atoms with Crippen LogP contribution in [0.2, 0.25) is 0 Å². The summed E-state index contributed by atoms with van der Waals surface area (Å²) >= 11 is -1.03. The van der Waals surface area contributed by atoms with Crippen molar-refractivity contribution >= 4 is 22.8 Å². The maximum atomic E-state index is 14.6. The van der Waals surface area contributed by atoms with Gasteiger partial charge in [-0.3, -0.25) is 0 Å². The van der Waals surface area contributed by atoms with Crippen LogP contribution >= 0.6 is 0 Å². The number of nitrogens with zero attached hydrogens (tertiary/aromatic N) is 2. The first-order valence-electron chi connectivity index (χ1n) is 9.77. The quantitative estimate of drug-likeness (QED) is 0.581. The molecule has 3 aromatic rings. The predicted octanol–water partition coefficient (Wildman–Crippen LogP) is 4.60. The van der Waals surface area contributed by atoms with Crippen LogP contribution in [0.3, 0.4) is 0 Å². The molecule has 4 bridgehead atoms. The van der Waals surface area contributed by atoms with E-state index in [0.29, 0.717) is 48.8 Å². The molecule has 0 unspecified atom stereocenters. The van der Waals surface area contributed by atoms with Crippen molar-refractivity contribution in [2.75, 3.05) is 24.8 Å². The SMILES string of the molecule is C[S@+]([O-])Cc1cc2cc(c1)OCCCCOc1cc(F)ccc1-c1nc(ncc1F)N2. The number of halogens is 2. The first-order valence-corrected chi connectivity index (χ1v) is 11.5. The van der Waals surface area contributed by atoms with Crippen LogP contribution in [0, 0.1) is 11.6 Å². The van der Waals surface area contributed by atoms with E-state index in [-0.39, 0.29) is 17.4 Å². The van der Waals surface area contributed by atoms with Crippen LogP contribution in [0.15, 0.2) is 42.6 Å². The van der Waals surface area contributed by atoms with Gasteiger partial charge in [-0.1, -0.05) is 11.2 Å². The number of hydrogen-bond donors (Lipinski definition) is 1. The number of benzene rings is 2. The fourth-order valence-corrected chi connectivity index (χ4v) is 3.90. The first-order chi connectivity index (χ1) is 15.0. The van der Waals surface area contributed by atoms with E-state index in [2.05, 4.69) is 15.3 Å². The van der Waals surface area contributed by atoms with Crippen LogP contribution in [0.5, 0.6) is 11.5 Å². The van der Waals surface area contributed by atoms with Crippen LogP contribution in [0.25, 0.3) is 11.3 Å². The van der Waals surface area contributed by atoms with Crippen molar-refractivity contribution in [2.24, 2.45) is 0 Å². The average Bonchev–Trinajstić information content (AvgIpc) is 2.71. The lowest BCUT2D eigenvalue weighted by atomic mass is 10.1. The third-order valence-electron chi connectivity index (χ3n) is 4.60.